The van der Waals surface area contributed by atoms with E-state index in [-0.39, 0.29) is 12.5 Å². The Morgan fingerprint density at radius 1 is 1.21 bits per heavy atom. The van der Waals surface area contributed by atoms with Gasteiger partial charge in [-0.15, -0.1) is 0 Å². The molecule has 4 heterocycles. The summed E-state index contributed by atoms with van der Waals surface area (Å²) in [6, 6.07) is 11.3. The van der Waals surface area contributed by atoms with Gasteiger partial charge in [0, 0.05) is 44.3 Å². The first-order valence-corrected chi connectivity index (χ1v) is 12.6. The quantitative estimate of drug-likeness (QED) is 0.359. The first-order chi connectivity index (χ1) is 18.4. The minimum Gasteiger partial charge on any atom is -0.495 e. The molecule has 0 saturated heterocycles. The van der Waals surface area contributed by atoms with Gasteiger partial charge in [0.25, 0.3) is 5.91 Å². The monoisotopic (exact) mass is 515 g/mol. The van der Waals surface area contributed by atoms with Crippen LogP contribution in [-0.4, -0.2) is 67.4 Å². The summed E-state index contributed by atoms with van der Waals surface area (Å²) in [5.41, 5.74) is 11.9. The van der Waals surface area contributed by atoms with Crippen LogP contribution in [0.1, 0.15) is 21.6 Å². The fourth-order valence-corrected chi connectivity index (χ4v) is 5.46. The zero-order valence-electron chi connectivity index (χ0n) is 21.7. The fraction of sp³-hybridized carbons (Fsp3) is 0.321. The van der Waals surface area contributed by atoms with Crippen molar-refractivity contribution in [2.24, 2.45) is 19.8 Å². The van der Waals surface area contributed by atoms with E-state index in [4.69, 9.17) is 15.5 Å². The molecule has 0 unspecified atom stereocenters. The number of para-hydroxylation sites is 1. The number of hydrogen-bond donors (Lipinski definition) is 1. The topological polar surface area (TPSA) is 96.1 Å². The summed E-state index contributed by atoms with van der Waals surface area (Å²) in [5.74, 6) is 1.43. The summed E-state index contributed by atoms with van der Waals surface area (Å²) in [7, 11) is 5.62. The summed E-state index contributed by atoms with van der Waals surface area (Å²) in [5, 5.41) is 1.04. The van der Waals surface area contributed by atoms with Crippen LogP contribution in [0.25, 0.3) is 33.5 Å². The van der Waals surface area contributed by atoms with Crippen molar-refractivity contribution in [2.45, 2.75) is 19.0 Å². The van der Waals surface area contributed by atoms with E-state index >= 15 is 0 Å². The number of amides is 1. The van der Waals surface area contributed by atoms with Crippen LogP contribution in [0.5, 0.6) is 5.75 Å². The highest BCUT2D eigenvalue weighted by molar-refractivity contribution is 6.01. The Morgan fingerprint density at radius 2 is 2.05 bits per heavy atom. The van der Waals surface area contributed by atoms with Gasteiger partial charge in [0.05, 0.1) is 54.0 Å². The van der Waals surface area contributed by atoms with Crippen molar-refractivity contribution < 1.29 is 13.9 Å². The Balaban J connectivity index is 1.49. The predicted octanol–water partition coefficient (Wildman–Crippen LogP) is 3.28. The lowest BCUT2D eigenvalue weighted by molar-refractivity contribution is 0.0725. The lowest BCUT2D eigenvalue weighted by Crippen LogP contribution is -2.45. The number of carbonyl (C=O) groups excluding carboxylic acids is 1. The Hall–Kier alpha value is -4.18. The van der Waals surface area contributed by atoms with Crippen molar-refractivity contribution in [3.8, 4) is 17.3 Å². The van der Waals surface area contributed by atoms with Gasteiger partial charge in [-0.2, -0.15) is 0 Å². The number of rotatable bonds is 7. The van der Waals surface area contributed by atoms with Crippen LogP contribution in [0, 0.1) is 0 Å². The lowest BCUT2D eigenvalue weighted by Gasteiger charge is -2.30. The molecule has 38 heavy (non-hydrogen) atoms. The van der Waals surface area contributed by atoms with Crippen molar-refractivity contribution in [1.29, 1.82) is 0 Å². The number of ether oxygens (including phenoxy) is 1. The van der Waals surface area contributed by atoms with Crippen LogP contribution in [-0.2, 0) is 27.1 Å². The number of carbonyl (C=O) groups is 1. The van der Waals surface area contributed by atoms with E-state index in [9.17, 15) is 9.18 Å². The van der Waals surface area contributed by atoms with E-state index in [0.29, 0.717) is 25.1 Å². The second kappa shape index (κ2) is 9.29. The first-order valence-electron chi connectivity index (χ1n) is 12.6. The SMILES string of the molecule is COc1cccc2cc(-c3nc4cc5c(cc4n3C)CCN(C[C@H](N)CF)C5=O)n(Cc3cn(C)cn3)c12. The summed E-state index contributed by atoms with van der Waals surface area (Å²) in [6.45, 7) is 0.613. The number of nitrogens with two attached hydrogens (primary N) is 1. The van der Waals surface area contributed by atoms with Crippen LogP contribution >= 0.6 is 0 Å². The number of imidazole rings is 2. The van der Waals surface area contributed by atoms with Crippen molar-refractivity contribution in [1.82, 2.24) is 28.6 Å². The number of fused-ring (bicyclic) bond motifs is 3. The molecule has 1 amide bonds. The zero-order chi connectivity index (χ0) is 26.6. The zero-order valence-corrected chi connectivity index (χ0v) is 21.7. The summed E-state index contributed by atoms with van der Waals surface area (Å²) >= 11 is 0. The molecule has 2 N–H and O–H groups in total. The highest BCUT2D eigenvalue weighted by Gasteiger charge is 2.28. The molecule has 196 valence electrons. The van der Waals surface area contributed by atoms with E-state index in [0.717, 1.165) is 50.5 Å². The predicted molar refractivity (Wildman–Crippen MR) is 144 cm³/mol. The number of aryl methyl sites for hydroxylation is 2. The molecule has 9 nitrogen and oxygen atoms in total. The maximum atomic E-state index is 13.2. The number of nitrogens with zero attached hydrogens (tertiary/aromatic N) is 6. The second-order valence-corrected chi connectivity index (χ2v) is 9.95. The van der Waals surface area contributed by atoms with Gasteiger partial charge in [-0.05, 0) is 36.2 Å². The molecule has 10 heteroatoms. The lowest BCUT2D eigenvalue weighted by atomic mass is 9.97. The summed E-state index contributed by atoms with van der Waals surface area (Å²) in [4.78, 5) is 24.4. The minimum atomic E-state index is -0.677. The van der Waals surface area contributed by atoms with Gasteiger partial charge in [0.15, 0.2) is 5.82 Å². The molecule has 0 spiro atoms. The number of hydrogen-bond acceptors (Lipinski definition) is 5. The Kier molecular flexibility index (Phi) is 5.91. The largest absolute Gasteiger partial charge is 0.495 e. The van der Waals surface area contributed by atoms with E-state index in [1.54, 1.807) is 18.3 Å². The standard InChI is InChI=1S/C28H30FN7O2/c1-33-14-20(31-16-33)15-36-24(10-18-5-4-6-25(38-3)26(18)36)27-32-22-11-21-17(9-23(22)34(27)2)7-8-35(28(21)37)13-19(30)12-29/h4-6,9-11,14,16,19H,7-8,12-13,15,30H2,1-3H3/t19-/m1/s1. The summed E-state index contributed by atoms with van der Waals surface area (Å²) in [6.07, 6.45) is 4.48. The van der Waals surface area contributed by atoms with Crippen LogP contribution in [0.4, 0.5) is 4.39 Å². The number of benzene rings is 2. The molecular weight excluding hydrogens is 485 g/mol. The molecule has 0 aliphatic carbocycles. The van der Waals surface area contributed by atoms with Crippen LogP contribution in [0.3, 0.4) is 0 Å². The maximum Gasteiger partial charge on any atom is 0.254 e. The molecule has 3 aromatic heterocycles. The van der Waals surface area contributed by atoms with E-state index in [1.165, 1.54) is 0 Å². The third-order valence-corrected chi connectivity index (χ3v) is 7.34. The van der Waals surface area contributed by atoms with Gasteiger partial charge in [-0.1, -0.05) is 12.1 Å². The van der Waals surface area contributed by atoms with Gasteiger partial charge < -0.3 is 29.1 Å². The maximum absolute atomic E-state index is 13.2. The highest BCUT2D eigenvalue weighted by atomic mass is 19.1. The third kappa shape index (κ3) is 3.92. The molecular formula is C28H30FN7O2. The van der Waals surface area contributed by atoms with Gasteiger partial charge in [0.1, 0.15) is 12.4 Å². The van der Waals surface area contributed by atoms with Crippen molar-refractivity contribution in [3.05, 3.63) is 65.7 Å². The molecule has 5 aromatic rings. The van der Waals surface area contributed by atoms with Crippen molar-refractivity contribution in [3.63, 3.8) is 0 Å². The first kappa shape index (κ1) is 24.2. The Labute approximate surface area is 219 Å². The molecule has 0 fully saturated rings. The molecule has 0 radical (unpaired) electrons. The minimum absolute atomic E-state index is 0.127. The third-order valence-electron chi connectivity index (χ3n) is 7.34. The number of methoxy groups -OCH3 is 1. The van der Waals surface area contributed by atoms with Crippen LogP contribution in [0.2, 0.25) is 0 Å². The normalized spacial score (nSPS) is 14.4. The molecule has 0 bridgehead atoms. The van der Waals surface area contributed by atoms with Gasteiger partial charge in [-0.3, -0.25) is 4.79 Å². The second-order valence-electron chi connectivity index (χ2n) is 9.95. The molecule has 1 aliphatic heterocycles. The summed E-state index contributed by atoms with van der Waals surface area (Å²) < 4.78 is 24.9. The Bertz CT molecular complexity index is 1680. The molecule has 1 aliphatic rings. The molecule has 0 saturated carbocycles. The fourth-order valence-electron chi connectivity index (χ4n) is 5.46. The highest BCUT2D eigenvalue weighted by Crippen LogP contribution is 2.36. The average Bonchev–Trinajstić information content (AvgIpc) is 3.60. The smallest absolute Gasteiger partial charge is 0.254 e. The van der Waals surface area contributed by atoms with Gasteiger partial charge in [-0.25, -0.2) is 14.4 Å². The molecule has 6 rings (SSSR count). The molecule has 1 atom stereocenters. The Morgan fingerprint density at radius 3 is 2.79 bits per heavy atom. The van der Waals surface area contributed by atoms with E-state index in [2.05, 4.69) is 32.3 Å². The van der Waals surface area contributed by atoms with Crippen LogP contribution < -0.4 is 10.5 Å². The van der Waals surface area contributed by atoms with E-state index < -0.39 is 12.7 Å². The van der Waals surface area contributed by atoms with Crippen molar-refractivity contribution in [2.75, 3.05) is 26.9 Å². The van der Waals surface area contributed by atoms with Gasteiger partial charge in [0.2, 0.25) is 0 Å². The van der Waals surface area contributed by atoms with Crippen molar-refractivity contribution >= 4 is 27.8 Å². The van der Waals surface area contributed by atoms with Gasteiger partial charge >= 0.3 is 0 Å². The molecule has 2 aromatic carbocycles. The number of aromatic nitrogens is 5. The van der Waals surface area contributed by atoms with Crippen LogP contribution in [0.15, 0.2) is 48.9 Å². The van der Waals surface area contributed by atoms with E-state index in [1.807, 2.05) is 43.1 Å². The number of halogens is 1. The average molecular weight is 516 g/mol. The number of alkyl halides is 1.